The number of hydrogen-bond acceptors (Lipinski definition) is 6. The van der Waals surface area contributed by atoms with Gasteiger partial charge in [0.1, 0.15) is 11.0 Å². The standard InChI is InChI=1S/C20H27N3O5S/c1-15-7-9-16(10-8-15)29(26,27)18(17-6-4-13-28-17)14-22-20(25)19(24)21-11-5-12-23(2)3/h4,6-10,13,18H,5,11-12,14H2,1-3H3,(H,21,24)(H,22,25)/t18-/m1/s1. The van der Waals surface area contributed by atoms with E-state index in [9.17, 15) is 18.0 Å². The summed E-state index contributed by atoms with van der Waals surface area (Å²) < 4.78 is 31.5. The molecule has 0 aliphatic carbocycles. The molecule has 158 valence electrons. The molecule has 0 aliphatic rings. The molecule has 0 bridgehead atoms. The first-order valence-corrected chi connectivity index (χ1v) is 10.8. The first kappa shape index (κ1) is 22.6. The monoisotopic (exact) mass is 421 g/mol. The van der Waals surface area contributed by atoms with Gasteiger partial charge in [0.25, 0.3) is 0 Å². The molecule has 2 N–H and O–H groups in total. The van der Waals surface area contributed by atoms with Crippen LogP contribution >= 0.6 is 0 Å². The van der Waals surface area contributed by atoms with E-state index < -0.39 is 26.9 Å². The van der Waals surface area contributed by atoms with Gasteiger partial charge in [0, 0.05) is 13.1 Å². The zero-order valence-electron chi connectivity index (χ0n) is 16.8. The maximum Gasteiger partial charge on any atom is 0.309 e. The van der Waals surface area contributed by atoms with Gasteiger partial charge in [-0.2, -0.15) is 0 Å². The number of amides is 2. The number of rotatable bonds is 9. The number of carbonyl (C=O) groups excluding carboxylic acids is 2. The Hall–Kier alpha value is -2.65. The Kier molecular flexibility index (Phi) is 7.98. The molecule has 2 rings (SSSR count). The van der Waals surface area contributed by atoms with Crippen LogP contribution in [-0.2, 0) is 19.4 Å². The lowest BCUT2D eigenvalue weighted by Crippen LogP contribution is -2.42. The number of aryl methyl sites for hydroxylation is 1. The van der Waals surface area contributed by atoms with Crippen molar-refractivity contribution in [2.45, 2.75) is 23.5 Å². The molecular formula is C20H27N3O5S. The van der Waals surface area contributed by atoms with Crippen molar-refractivity contribution in [2.24, 2.45) is 0 Å². The van der Waals surface area contributed by atoms with Gasteiger partial charge in [0.2, 0.25) is 0 Å². The van der Waals surface area contributed by atoms with Gasteiger partial charge in [-0.1, -0.05) is 17.7 Å². The molecule has 8 nitrogen and oxygen atoms in total. The van der Waals surface area contributed by atoms with Gasteiger partial charge >= 0.3 is 11.8 Å². The molecule has 0 aliphatic heterocycles. The van der Waals surface area contributed by atoms with E-state index in [1.165, 1.54) is 24.5 Å². The number of benzene rings is 1. The van der Waals surface area contributed by atoms with Gasteiger partial charge < -0.3 is 20.0 Å². The van der Waals surface area contributed by atoms with Crippen molar-refractivity contribution in [1.29, 1.82) is 0 Å². The second-order valence-corrected chi connectivity index (χ2v) is 9.12. The molecule has 0 saturated heterocycles. The molecule has 9 heteroatoms. The van der Waals surface area contributed by atoms with E-state index in [2.05, 4.69) is 10.6 Å². The van der Waals surface area contributed by atoms with E-state index in [4.69, 9.17) is 4.42 Å². The molecule has 2 amide bonds. The summed E-state index contributed by atoms with van der Waals surface area (Å²) in [6.07, 6.45) is 2.06. The van der Waals surface area contributed by atoms with Gasteiger partial charge in [-0.05, 0) is 58.3 Å². The molecule has 1 atom stereocenters. The number of furan rings is 1. The van der Waals surface area contributed by atoms with Crippen LogP contribution < -0.4 is 10.6 Å². The Bertz CT molecular complexity index is 906. The third kappa shape index (κ3) is 6.43. The van der Waals surface area contributed by atoms with Crippen LogP contribution in [0.4, 0.5) is 0 Å². The van der Waals surface area contributed by atoms with Gasteiger partial charge in [-0.3, -0.25) is 9.59 Å². The van der Waals surface area contributed by atoms with E-state index in [1.54, 1.807) is 18.2 Å². The van der Waals surface area contributed by atoms with Crippen LogP contribution in [0.15, 0.2) is 52.0 Å². The Morgan fingerprint density at radius 1 is 1.07 bits per heavy atom. The second kappa shape index (κ2) is 10.2. The summed E-state index contributed by atoms with van der Waals surface area (Å²) in [5, 5.41) is 3.78. The Balaban J connectivity index is 2.05. The van der Waals surface area contributed by atoms with Crippen LogP contribution in [0.3, 0.4) is 0 Å². The largest absolute Gasteiger partial charge is 0.468 e. The average Bonchev–Trinajstić information content (AvgIpc) is 3.19. The highest BCUT2D eigenvalue weighted by Gasteiger charge is 2.32. The van der Waals surface area contributed by atoms with Crippen molar-refractivity contribution < 1.29 is 22.4 Å². The molecule has 0 unspecified atom stereocenters. The predicted octanol–water partition coefficient (Wildman–Crippen LogP) is 1.29. The van der Waals surface area contributed by atoms with Crippen LogP contribution in [0.5, 0.6) is 0 Å². The number of nitrogens with one attached hydrogen (secondary N) is 2. The zero-order valence-corrected chi connectivity index (χ0v) is 17.7. The molecule has 0 radical (unpaired) electrons. The molecule has 1 aromatic heterocycles. The van der Waals surface area contributed by atoms with Gasteiger partial charge in [0.15, 0.2) is 9.84 Å². The Labute approximate surface area is 171 Å². The summed E-state index contributed by atoms with van der Waals surface area (Å²) in [5.41, 5.74) is 0.928. The quantitative estimate of drug-likeness (QED) is 0.466. The summed E-state index contributed by atoms with van der Waals surface area (Å²) in [5.74, 6) is -1.49. The molecule has 2 aromatic rings. The lowest BCUT2D eigenvalue weighted by atomic mass is 10.2. The van der Waals surface area contributed by atoms with Crippen molar-refractivity contribution in [1.82, 2.24) is 15.5 Å². The highest BCUT2D eigenvalue weighted by atomic mass is 32.2. The SMILES string of the molecule is Cc1ccc(S(=O)(=O)[C@H](CNC(=O)C(=O)NCCCN(C)C)c2ccco2)cc1. The minimum Gasteiger partial charge on any atom is -0.468 e. The maximum absolute atomic E-state index is 13.1. The minimum absolute atomic E-state index is 0.117. The van der Waals surface area contributed by atoms with Crippen LogP contribution in [0.2, 0.25) is 0 Å². The summed E-state index contributed by atoms with van der Waals surface area (Å²) in [6.45, 7) is 2.70. The number of nitrogens with zero attached hydrogens (tertiary/aromatic N) is 1. The topological polar surface area (TPSA) is 109 Å². The summed E-state index contributed by atoms with van der Waals surface area (Å²) in [6, 6.07) is 9.54. The van der Waals surface area contributed by atoms with E-state index in [-0.39, 0.29) is 17.2 Å². The van der Waals surface area contributed by atoms with E-state index in [1.807, 2.05) is 25.9 Å². The van der Waals surface area contributed by atoms with Crippen LogP contribution in [0, 0.1) is 6.92 Å². The van der Waals surface area contributed by atoms with E-state index in [0.717, 1.165) is 12.1 Å². The molecule has 0 saturated carbocycles. The lowest BCUT2D eigenvalue weighted by Gasteiger charge is -2.17. The van der Waals surface area contributed by atoms with Gasteiger partial charge in [-0.15, -0.1) is 0 Å². The summed E-state index contributed by atoms with van der Waals surface area (Å²) in [7, 11) is -0.00933. The summed E-state index contributed by atoms with van der Waals surface area (Å²) >= 11 is 0. The fraction of sp³-hybridized carbons (Fsp3) is 0.400. The molecule has 1 heterocycles. The molecule has 0 spiro atoms. The van der Waals surface area contributed by atoms with Crippen molar-refractivity contribution in [3.8, 4) is 0 Å². The molecule has 0 fully saturated rings. The normalized spacial score (nSPS) is 12.6. The van der Waals surface area contributed by atoms with Crippen molar-refractivity contribution in [3.05, 3.63) is 54.0 Å². The first-order chi connectivity index (χ1) is 13.7. The van der Waals surface area contributed by atoms with Crippen LogP contribution in [0.25, 0.3) is 0 Å². The predicted molar refractivity (Wildman–Crippen MR) is 109 cm³/mol. The smallest absolute Gasteiger partial charge is 0.309 e. The molecule has 1 aromatic carbocycles. The zero-order chi connectivity index (χ0) is 21.4. The fourth-order valence-corrected chi connectivity index (χ4v) is 4.26. The highest BCUT2D eigenvalue weighted by molar-refractivity contribution is 7.91. The van der Waals surface area contributed by atoms with E-state index >= 15 is 0 Å². The Morgan fingerprint density at radius 3 is 2.31 bits per heavy atom. The third-order valence-corrected chi connectivity index (χ3v) is 6.38. The first-order valence-electron chi connectivity index (χ1n) is 9.26. The van der Waals surface area contributed by atoms with Crippen molar-refractivity contribution in [2.75, 3.05) is 33.7 Å². The van der Waals surface area contributed by atoms with Crippen LogP contribution in [-0.4, -0.2) is 58.9 Å². The maximum atomic E-state index is 13.1. The number of carbonyl (C=O) groups is 2. The number of hydrogen-bond donors (Lipinski definition) is 2. The molecule has 29 heavy (non-hydrogen) atoms. The van der Waals surface area contributed by atoms with Crippen LogP contribution in [0.1, 0.15) is 23.0 Å². The van der Waals surface area contributed by atoms with Gasteiger partial charge in [-0.25, -0.2) is 8.42 Å². The lowest BCUT2D eigenvalue weighted by molar-refractivity contribution is -0.139. The van der Waals surface area contributed by atoms with E-state index in [0.29, 0.717) is 13.0 Å². The van der Waals surface area contributed by atoms with Gasteiger partial charge in [0.05, 0.1) is 11.2 Å². The average molecular weight is 422 g/mol. The van der Waals surface area contributed by atoms with Crippen molar-refractivity contribution in [3.63, 3.8) is 0 Å². The molecular weight excluding hydrogens is 394 g/mol. The second-order valence-electron chi connectivity index (χ2n) is 6.98. The Morgan fingerprint density at radius 2 is 1.72 bits per heavy atom. The summed E-state index contributed by atoms with van der Waals surface area (Å²) in [4.78, 5) is 26.1. The fourth-order valence-electron chi connectivity index (χ4n) is 2.67. The highest BCUT2D eigenvalue weighted by Crippen LogP contribution is 2.29. The minimum atomic E-state index is -3.84. The number of sulfone groups is 1. The third-order valence-electron chi connectivity index (χ3n) is 4.31. The van der Waals surface area contributed by atoms with Crippen molar-refractivity contribution >= 4 is 21.7 Å².